The SMILES string of the molecule is CC(=O)N(CCNC(=O)c1ccc(F)cc1)c1ccc(C)c(Cl)c1. The lowest BCUT2D eigenvalue weighted by molar-refractivity contribution is -0.116. The van der Waals surface area contributed by atoms with Crippen LogP contribution in [-0.4, -0.2) is 24.9 Å². The van der Waals surface area contributed by atoms with E-state index in [1.165, 1.54) is 36.1 Å². The molecule has 0 fully saturated rings. The summed E-state index contributed by atoms with van der Waals surface area (Å²) in [6, 6.07) is 10.6. The fourth-order valence-electron chi connectivity index (χ4n) is 2.20. The van der Waals surface area contributed by atoms with Gasteiger partial charge in [-0.25, -0.2) is 4.39 Å². The second-order valence-corrected chi connectivity index (χ2v) is 5.77. The van der Waals surface area contributed by atoms with Gasteiger partial charge in [-0.05, 0) is 48.9 Å². The lowest BCUT2D eigenvalue weighted by atomic mass is 10.2. The standard InChI is InChI=1S/C18H18ClFN2O2/c1-12-3-8-16(11-17(12)19)22(13(2)23)10-9-21-18(24)14-4-6-15(20)7-5-14/h3-8,11H,9-10H2,1-2H3,(H,21,24). The fourth-order valence-corrected chi connectivity index (χ4v) is 2.38. The summed E-state index contributed by atoms with van der Waals surface area (Å²) >= 11 is 6.10. The summed E-state index contributed by atoms with van der Waals surface area (Å²) in [6.07, 6.45) is 0. The van der Waals surface area contributed by atoms with Crippen LogP contribution >= 0.6 is 11.6 Å². The van der Waals surface area contributed by atoms with Gasteiger partial charge in [0.1, 0.15) is 5.82 Å². The monoisotopic (exact) mass is 348 g/mol. The van der Waals surface area contributed by atoms with Gasteiger partial charge in [0.05, 0.1) is 0 Å². The normalized spacial score (nSPS) is 10.3. The van der Waals surface area contributed by atoms with Gasteiger partial charge in [-0.2, -0.15) is 0 Å². The van der Waals surface area contributed by atoms with Gasteiger partial charge in [-0.15, -0.1) is 0 Å². The highest BCUT2D eigenvalue weighted by molar-refractivity contribution is 6.31. The average molecular weight is 349 g/mol. The van der Waals surface area contributed by atoms with E-state index in [-0.39, 0.29) is 18.4 Å². The van der Waals surface area contributed by atoms with E-state index in [1.54, 1.807) is 6.07 Å². The number of carbonyl (C=O) groups excluding carboxylic acids is 2. The molecule has 4 nitrogen and oxygen atoms in total. The van der Waals surface area contributed by atoms with Crippen molar-refractivity contribution in [3.63, 3.8) is 0 Å². The highest BCUT2D eigenvalue weighted by Crippen LogP contribution is 2.23. The minimum Gasteiger partial charge on any atom is -0.350 e. The Labute approximate surface area is 145 Å². The number of carbonyl (C=O) groups is 2. The number of hydrogen-bond donors (Lipinski definition) is 1. The van der Waals surface area contributed by atoms with Gasteiger partial charge >= 0.3 is 0 Å². The predicted molar refractivity (Wildman–Crippen MR) is 92.9 cm³/mol. The Morgan fingerprint density at radius 1 is 1.17 bits per heavy atom. The molecule has 0 heterocycles. The van der Waals surface area contributed by atoms with Crippen LogP contribution in [0.4, 0.5) is 10.1 Å². The molecule has 0 saturated carbocycles. The quantitative estimate of drug-likeness (QED) is 0.898. The Kier molecular flexibility index (Phi) is 5.93. The average Bonchev–Trinajstić information content (AvgIpc) is 2.54. The number of anilines is 1. The first-order valence-electron chi connectivity index (χ1n) is 7.46. The van der Waals surface area contributed by atoms with Crippen LogP contribution in [0.25, 0.3) is 0 Å². The third kappa shape index (κ3) is 4.55. The topological polar surface area (TPSA) is 49.4 Å². The van der Waals surface area contributed by atoms with E-state index in [2.05, 4.69) is 5.32 Å². The predicted octanol–water partition coefficient (Wildman–Crippen LogP) is 3.57. The molecule has 2 rings (SSSR count). The summed E-state index contributed by atoms with van der Waals surface area (Å²) in [7, 11) is 0. The van der Waals surface area contributed by atoms with Crippen LogP contribution in [0.15, 0.2) is 42.5 Å². The molecule has 0 aliphatic carbocycles. The van der Waals surface area contributed by atoms with Gasteiger partial charge in [0.15, 0.2) is 0 Å². The zero-order valence-corrected chi connectivity index (χ0v) is 14.2. The second kappa shape index (κ2) is 7.93. The molecule has 2 amide bonds. The zero-order chi connectivity index (χ0) is 17.7. The molecule has 0 aliphatic rings. The van der Waals surface area contributed by atoms with Crippen molar-refractivity contribution in [1.82, 2.24) is 5.32 Å². The van der Waals surface area contributed by atoms with Crippen LogP contribution in [0.3, 0.4) is 0 Å². The largest absolute Gasteiger partial charge is 0.350 e. The molecule has 0 saturated heterocycles. The molecule has 0 bridgehead atoms. The summed E-state index contributed by atoms with van der Waals surface area (Å²) in [5.74, 6) is -0.864. The second-order valence-electron chi connectivity index (χ2n) is 5.37. The number of amides is 2. The Balaban J connectivity index is 1.99. The Bertz CT molecular complexity index is 747. The van der Waals surface area contributed by atoms with Crippen molar-refractivity contribution in [3.8, 4) is 0 Å². The highest BCUT2D eigenvalue weighted by Gasteiger charge is 2.13. The molecule has 126 valence electrons. The Morgan fingerprint density at radius 3 is 2.42 bits per heavy atom. The first-order valence-corrected chi connectivity index (χ1v) is 7.84. The van der Waals surface area contributed by atoms with Crippen molar-refractivity contribution in [2.24, 2.45) is 0 Å². The first-order chi connectivity index (χ1) is 11.4. The molecule has 0 aromatic heterocycles. The van der Waals surface area contributed by atoms with E-state index in [0.29, 0.717) is 22.8 Å². The minimum absolute atomic E-state index is 0.147. The van der Waals surface area contributed by atoms with Crippen LogP contribution in [0.1, 0.15) is 22.8 Å². The van der Waals surface area contributed by atoms with Crippen molar-refractivity contribution >= 4 is 29.1 Å². The number of nitrogens with one attached hydrogen (secondary N) is 1. The van der Waals surface area contributed by atoms with E-state index in [9.17, 15) is 14.0 Å². The van der Waals surface area contributed by atoms with Crippen molar-refractivity contribution in [2.45, 2.75) is 13.8 Å². The highest BCUT2D eigenvalue weighted by atomic mass is 35.5. The smallest absolute Gasteiger partial charge is 0.251 e. The Hall–Kier alpha value is -2.40. The molecule has 24 heavy (non-hydrogen) atoms. The summed E-state index contributed by atoms with van der Waals surface area (Å²) in [6.45, 7) is 3.91. The van der Waals surface area contributed by atoms with E-state index >= 15 is 0 Å². The van der Waals surface area contributed by atoms with Crippen LogP contribution in [0.5, 0.6) is 0 Å². The molecular formula is C18H18ClFN2O2. The molecular weight excluding hydrogens is 331 g/mol. The molecule has 0 radical (unpaired) electrons. The Morgan fingerprint density at radius 2 is 1.83 bits per heavy atom. The van der Waals surface area contributed by atoms with Crippen molar-refractivity contribution in [2.75, 3.05) is 18.0 Å². The van der Waals surface area contributed by atoms with Crippen molar-refractivity contribution in [1.29, 1.82) is 0 Å². The minimum atomic E-state index is -0.398. The number of aryl methyl sites for hydroxylation is 1. The molecule has 2 aromatic rings. The van der Waals surface area contributed by atoms with Crippen LogP contribution in [-0.2, 0) is 4.79 Å². The first kappa shape index (κ1) is 17.9. The third-order valence-corrected chi connectivity index (χ3v) is 3.98. The number of benzene rings is 2. The van der Waals surface area contributed by atoms with Gasteiger partial charge in [0.25, 0.3) is 5.91 Å². The number of rotatable bonds is 5. The lowest BCUT2D eigenvalue weighted by Gasteiger charge is -2.22. The van der Waals surface area contributed by atoms with Crippen LogP contribution < -0.4 is 10.2 Å². The maximum atomic E-state index is 12.9. The number of halogens is 2. The molecule has 0 spiro atoms. The van der Waals surface area contributed by atoms with E-state index in [0.717, 1.165) is 5.56 Å². The van der Waals surface area contributed by atoms with E-state index in [1.807, 2.05) is 19.1 Å². The van der Waals surface area contributed by atoms with Crippen molar-refractivity contribution < 1.29 is 14.0 Å². The van der Waals surface area contributed by atoms with Gasteiger partial charge in [-0.1, -0.05) is 17.7 Å². The third-order valence-electron chi connectivity index (χ3n) is 3.57. The fraction of sp³-hybridized carbons (Fsp3) is 0.222. The summed E-state index contributed by atoms with van der Waals surface area (Å²) in [4.78, 5) is 25.4. The van der Waals surface area contributed by atoms with Crippen molar-refractivity contribution in [3.05, 3.63) is 64.4 Å². The maximum absolute atomic E-state index is 12.9. The summed E-state index contributed by atoms with van der Waals surface area (Å²) in [5, 5.41) is 3.29. The lowest BCUT2D eigenvalue weighted by Crippen LogP contribution is -2.37. The molecule has 2 aromatic carbocycles. The summed E-state index contributed by atoms with van der Waals surface area (Å²) in [5.41, 5.74) is 1.96. The molecule has 1 N–H and O–H groups in total. The summed E-state index contributed by atoms with van der Waals surface area (Å²) < 4.78 is 12.9. The van der Waals surface area contributed by atoms with Crippen LogP contribution in [0, 0.1) is 12.7 Å². The van der Waals surface area contributed by atoms with E-state index < -0.39 is 5.82 Å². The molecule has 6 heteroatoms. The maximum Gasteiger partial charge on any atom is 0.251 e. The molecule has 0 aliphatic heterocycles. The van der Waals surface area contributed by atoms with E-state index in [4.69, 9.17) is 11.6 Å². The van der Waals surface area contributed by atoms with Gasteiger partial charge < -0.3 is 10.2 Å². The van der Waals surface area contributed by atoms with Crippen LogP contribution in [0.2, 0.25) is 5.02 Å². The van der Waals surface area contributed by atoms with Gasteiger partial charge in [0.2, 0.25) is 5.91 Å². The number of nitrogens with zero attached hydrogens (tertiary/aromatic N) is 1. The zero-order valence-electron chi connectivity index (χ0n) is 13.5. The number of hydrogen-bond acceptors (Lipinski definition) is 2. The molecule has 0 unspecified atom stereocenters. The molecule has 0 atom stereocenters. The van der Waals surface area contributed by atoms with Gasteiger partial charge in [0, 0.05) is 36.3 Å². The van der Waals surface area contributed by atoms with Gasteiger partial charge in [-0.3, -0.25) is 9.59 Å².